The third-order valence-electron chi connectivity index (χ3n) is 4.53. The standard InChI is InChI=1S/C24H33N3O6/c1-16(15-32-12-11-21(29)33-24(3,4)5)26-20-13-25-27(23(30)22(20)17(2)28)14-18-7-9-19(31-6)10-8-18/h7-10,13,16,26H,11-12,14-15H2,1-6H3/t16-/m0/s1. The second kappa shape index (κ2) is 11.6. The van der Waals surface area contributed by atoms with Gasteiger partial charge in [-0.05, 0) is 52.3 Å². The molecule has 0 fully saturated rings. The zero-order valence-electron chi connectivity index (χ0n) is 20.1. The van der Waals surface area contributed by atoms with E-state index in [9.17, 15) is 14.4 Å². The molecule has 0 spiro atoms. The van der Waals surface area contributed by atoms with Crippen LogP contribution in [0.15, 0.2) is 35.3 Å². The number of anilines is 1. The lowest BCUT2D eigenvalue weighted by atomic mass is 10.1. The second-order valence-corrected chi connectivity index (χ2v) is 8.76. The van der Waals surface area contributed by atoms with E-state index >= 15 is 0 Å². The summed E-state index contributed by atoms with van der Waals surface area (Å²) in [5.74, 6) is 0.0309. The third-order valence-corrected chi connectivity index (χ3v) is 4.53. The molecule has 0 saturated heterocycles. The summed E-state index contributed by atoms with van der Waals surface area (Å²) in [7, 11) is 1.58. The van der Waals surface area contributed by atoms with E-state index in [2.05, 4.69) is 10.4 Å². The molecule has 1 N–H and O–H groups in total. The van der Waals surface area contributed by atoms with Crippen LogP contribution >= 0.6 is 0 Å². The summed E-state index contributed by atoms with van der Waals surface area (Å²) in [6.45, 7) is 9.33. The summed E-state index contributed by atoms with van der Waals surface area (Å²) in [6, 6.07) is 7.05. The van der Waals surface area contributed by atoms with Crippen LogP contribution in [-0.4, -0.2) is 53.5 Å². The molecule has 9 heteroatoms. The number of benzene rings is 1. The molecule has 0 unspecified atom stereocenters. The lowest BCUT2D eigenvalue weighted by Crippen LogP contribution is -2.32. The van der Waals surface area contributed by atoms with Gasteiger partial charge in [0.05, 0.1) is 45.2 Å². The molecule has 2 aromatic rings. The zero-order chi connectivity index (χ0) is 24.6. The molecule has 2 rings (SSSR count). The van der Waals surface area contributed by atoms with Gasteiger partial charge in [0.2, 0.25) is 0 Å². The Kier molecular flexibility index (Phi) is 9.16. The van der Waals surface area contributed by atoms with Crippen LogP contribution in [0.1, 0.15) is 57.0 Å². The van der Waals surface area contributed by atoms with Crippen molar-refractivity contribution < 1.29 is 23.8 Å². The fourth-order valence-electron chi connectivity index (χ4n) is 3.07. The van der Waals surface area contributed by atoms with E-state index in [1.807, 2.05) is 39.8 Å². The van der Waals surface area contributed by atoms with Crippen molar-refractivity contribution in [3.63, 3.8) is 0 Å². The first-order chi connectivity index (χ1) is 15.5. The Morgan fingerprint density at radius 2 is 1.85 bits per heavy atom. The van der Waals surface area contributed by atoms with E-state index in [-0.39, 0.29) is 49.5 Å². The van der Waals surface area contributed by atoms with Crippen LogP contribution in [0.25, 0.3) is 0 Å². The molecule has 1 heterocycles. The molecule has 9 nitrogen and oxygen atoms in total. The maximum atomic E-state index is 12.9. The van der Waals surface area contributed by atoms with Crippen molar-refractivity contribution in [1.29, 1.82) is 0 Å². The highest BCUT2D eigenvalue weighted by atomic mass is 16.6. The Morgan fingerprint density at radius 1 is 1.18 bits per heavy atom. The van der Waals surface area contributed by atoms with E-state index in [4.69, 9.17) is 14.2 Å². The van der Waals surface area contributed by atoms with E-state index in [0.29, 0.717) is 11.4 Å². The van der Waals surface area contributed by atoms with Crippen LogP contribution in [0.3, 0.4) is 0 Å². The molecule has 0 aliphatic rings. The number of hydrogen-bond acceptors (Lipinski definition) is 8. The number of nitrogens with zero attached hydrogens (tertiary/aromatic N) is 2. The number of carbonyl (C=O) groups excluding carboxylic acids is 2. The van der Waals surface area contributed by atoms with Gasteiger partial charge in [-0.15, -0.1) is 0 Å². The Balaban J connectivity index is 2.00. The molecule has 1 atom stereocenters. The predicted molar refractivity (Wildman–Crippen MR) is 125 cm³/mol. The zero-order valence-corrected chi connectivity index (χ0v) is 20.1. The van der Waals surface area contributed by atoms with Gasteiger partial charge in [-0.2, -0.15) is 5.10 Å². The molecule has 0 radical (unpaired) electrons. The van der Waals surface area contributed by atoms with Crippen LogP contribution < -0.4 is 15.6 Å². The number of ether oxygens (including phenoxy) is 3. The minimum absolute atomic E-state index is 0.0408. The van der Waals surface area contributed by atoms with Gasteiger partial charge in [0, 0.05) is 6.04 Å². The maximum absolute atomic E-state index is 12.9. The van der Waals surface area contributed by atoms with E-state index in [0.717, 1.165) is 5.56 Å². The largest absolute Gasteiger partial charge is 0.497 e. The van der Waals surface area contributed by atoms with Gasteiger partial charge < -0.3 is 19.5 Å². The van der Waals surface area contributed by atoms with Crippen molar-refractivity contribution in [2.45, 2.75) is 59.2 Å². The van der Waals surface area contributed by atoms with Crippen molar-refractivity contribution in [3.8, 4) is 5.75 Å². The fourth-order valence-corrected chi connectivity index (χ4v) is 3.07. The van der Waals surface area contributed by atoms with E-state index in [1.54, 1.807) is 19.2 Å². The van der Waals surface area contributed by atoms with E-state index in [1.165, 1.54) is 17.8 Å². The highest BCUT2D eigenvalue weighted by Crippen LogP contribution is 2.15. The van der Waals surface area contributed by atoms with Crippen LogP contribution in [0.4, 0.5) is 5.69 Å². The molecule has 0 saturated carbocycles. The number of carbonyl (C=O) groups is 2. The Labute approximate surface area is 194 Å². The average molecular weight is 460 g/mol. The number of ketones is 1. The Bertz CT molecular complexity index is 1010. The van der Waals surface area contributed by atoms with Crippen LogP contribution in [0.2, 0.25) is 0 Å². The minimum atomic E-state index is -0.532. The Morgan fingerprint density at radius 3 is 2.42 bits per heavy atom. The molecule has 0 bridgehead atoms. The van der Waals surface area contributed by atoms with Crippen LogP contribution in [0, 0.1) is 0 Å². The average Bonchev–Trinajstić information content (AvgIpc) is 2.72. The quantitative estimate of drug-likeness (QED) is 0.310. The molecule has 1 aromatic carbocycles. The molecular weight excluding hydrogens is 426 g/mol. The topological polar surface area (TPSA) is 109 Å². The van der Waals surface area contributed by atoms with Crippen molar-refractivity contribution in [2.24, 2.45) is 0 Å². The number of Topliss-reactive ketones (excluding diaryl/α,β-unsaturated/α-hetero) is 1. The molecular formula is C24H33N3O6. The number of rotatable bonds is 11. The molecule has 180 valence electrons. The minimum Gasteiger partial charge on any atom is -0.497 e. The summed E-state index contributed by atoms with van der Waals surface area (Å²) in [5.41, 5.74) is 0.241. The van der Waals surface area contributed by atoms with Gasteiger partial charge in [-0.25, -0.2) is 4.68 Å². The summed E-state index contributed by atoms with van der Waals surface area (Å²) >= 11 is 0. The molecule has 0 aliphatic carbocycles. The summed E-state index contributed by atoms with van der Waals surface area (Å²) < 4.78 is 17.2. The van der Waals surface area contributed by atoms with Gasteiger partial charge in [0.15, 0.2) is 5.78 Å². The van der Waals surface area contributed by atoms with Gasteiger partial charge in [-0.1, -0.05) is 12.1 Å². The maximum Gasteiger partial charge on any atom is 0.308 e. The predicted octanol–water partition coefficient (Wildman–Crippen LogP) is 3.05. The molecule has 33 heavy (non-hydrogen) atoms. The fraction of sp³-hybridized carbons (Fsp3) is 0.500. The first-order valence-electron chi connectivity index (χ1n) is 10.8. The van der Waals surface area contributed by atoms with Gasteiger partial charge in [-0.3, -0.25) is 14.4 Å². The third kappa shape index (κ3) is 8.34. The molecule has 1 aromatic heterocycles. The highest BCUT2D eigenvalue weighted by Gasteiger charge is 2.18. The summed E-state index contributed by atoms with van der Waals surface area (Å²) in [4.78, 5) is 36.9. The van der Waals surface area contributed by atoms with Crippen molar-refractivity contribution in [1.82, 2.24) is 9.78 Å². The highest BCUT2D eigenvalue weighted by molar-refractivity contribution is 5.98. The van der Waals surface area contributed by atoms with Crippen LogP contribution in [-0.2, 0) is 20.8 Å². The number of hydrogen-bond donors (Lipinski definition) is 1. The lowest BCUT2D eigenvalue weighted by Gasteiger charge is -2.20. The van der Waals surface area contributed by atoms with E-state index < -0.39 is 11.2 Å². The first-order valence-corrected chi connectivity index (χ1v) is 10.8. The smallest absolute Gasteiger partial charge is 0.308 e. The summed E-state index contributed by atoms with van der Waals surface area (Å²) in [5, 5.41) is 7.33. The monoisotopic (exact) mass is 459 g/mol. The SMILES string of the molecule is COc1ccc(Cn2ncc(N[C@@H](C)COCCC(=O)OC(C)(C)C)c(C(C)=O)c2=O)cc1. The Hall–Kier alpha value is -3.20. The first kappa shape index (κ1) is 26.1. The summed E-state index contributed by atoms with van der Waals surface area (Å²) in [6.07, 6.45) is 1.62. The number of nitrogens with one attached hydrogen (secondary N) is 1. The van der Waals surface area contributed by atoms with Crippen molar-refractivity contribution in [2.75, 3.05) is 25.6 Å². The van der Waals surface area contributed by atoms with Crippen molar-refractivity contribution >= 4 is 17.4 Å². The number of aromatic nitrogens is 2. The molecule has 0 aliphatic heterocycles. The molecule has 0 amide bonds. The number of methoxy groups -OCH3 is 1. The number of esters is 1. The van der Waals surface area contributed by atoms with Gasteiger partial charge in [0.25, 0.3) is 5.56 Å². The normalized spacial score (nSPS) is 12.2. The van der Waals surface area contributed by atoms with Gasteiger partial charge >= 0.3 is 5.97 Å². The lowest BCUT2D eigenvalue weighted by molar-refractivity contribution is -0.156. The van der Waals surface area contributed by atoms with Crippen molar-refractivity contribution in [3.05, 3.63) is 51.9 Å². The van der Waals surface area contributed by atoms with Gasteiger partial charge in [0.1, 0.15) is 16.9 Å². The second-order valence-electron chi connectivity index (χ2n) is 8.76. The van der Waals surface area contributed by atoms with Crippen LogP contribution in [0.5, 0.6) is 5.75 Å².